The van der Waals surface area contributed by atoms with E-state index in [4.69, 9.17) is 42.0 Å². The van der Waals surface area contributed by atoms with Crippen LogP contribution in [0.4, 0.5) is 4.39 Å². The minimum Gasteiger partial charge on any atom is -0.472 e. The Bertz CT molecular complexity index is 1690. The van der Waals surface area contributed by atoms with E-state index in [1.165, 1.54) is 11.6 Å². The van der Waals surface area contributed by atoms with Crippen LogP contribution in [-0.2, 0) is 37.4 Å². The van der Waals surface area contributed by atoms with Crippen LogP contribution in [0.2, 0.25) is 5.02 Å². The average molecular weight is 592 g/mol. The van der Waals surface area contributed by atoms with Gasteiger partial charge in [-0.2, -0.15) is 0 Å². The maximum absolute atomic E-state index is 14.4. The van der Waals surface area contributed by atoms with Gasteiger partial charge in [0.1, 0.15) is 23.8 Å². The highest BCUT2D eigenvalue weighted by Gasteiger charge is 2.31. The van der Waals surface area contributed by atoms with Crippen molar-refractivity contribution in [3.8, 4) is 5.88 Å². The molecule has 7 rings (SSSR count). The van der Waals surface area contributed by atoms with E-state index < -0.39 is 0 Å². The molecule has 2 fully saturated rings. The molecule has 0 spiro atoms. The van der Waals surface area contributed by atoms with Gasteiger partial charge in [-0.25, -0.2) is 19.3 Å². The Labute approximate surface area is 246 Å². The van der Waals surface area contributed by atoms with Crippen LogP contribution in [0.15, 0.2) is 41.7 Å². The van der Waals surface area contributed by atoms with Gasteiger partial charge in [-0.3, -0.25) is 4.90 Å². The van der Waals surface area contributed by atoms with Crippen molar-refractivity contribution in [1.82, 2.24) is 24.4 Å². The molecule has 218 valence electrons. The molecule has 10 nitrogen and oxygen atoms in total. The van der Waals surface area contributed by atoms with Gasteiger partial charge in [-0.1, -0.05) is 22.8 Å². The molecular weight excluding hydrogens is 561 g/mol. The van der Waals surface area contributed by atoms with Crippen LogP contribution in [-0.4, -0.2) is 54.7 Å². The molecule has 0 bridgehead atoms. The summed E-state index contributed by atoms with van der Waals surface area (Å²) in [7, 11) is 0. The second-order valence-electron chi connectivity index (χ2n) is 11.2. The zero-order valence-corrected chi connectivity index (χ0v) is 23.7. The Morgan fingerprint density at radius 3 is 2.81 bits per heavy atom. The third kappa shape index (κ3) is 5.39. The van der Waals surface area contributed by atoms with Crippen molar-refractivity contribution in [1.29, 1.82) is 0 Å². The summed E-state index contributed by atoms with van der Waals surface area (Å²) in [5, 5.41) is 12.6. The van der Waals surface area contributed by atoms with Crippen molar-refractivity contribution in [3.63, 3.8) is 0 Å². The van der Waals surface area contributed by atoms with Crippen molar-refractivity contribution in [3.05, 3.63) is 81.1 Å². The highest BCUT2D eigenvalue weighted by molar-refractivity contribution is 6.30. The van der Waals surface area contributed by atoms with Crippen LogP contribution in [0.1, 0.15) is 59.0 Å². The van der Waals surface area contributed by atoms with Crippen molar-refractivity contribution in [2.45, 2.75) is 63.9 Å². The topological polar surface area (TPSA) is 124 Å². The third-order valence-corrected chi connectivity index (χ3v) is 8.50. The SMILES string of the molecule is N/C(=N\O)c1cnc2c(c1)nc(CN1CCc3cc(C4CC4)c(OCc4ccc(Cl)cc4F)nc3C1)n2C[C@@H]1CCO1. The summed E-state index contributed by atoms with van der Waals surface area (Å²) >= 11 is 5.92. The van der Waals surface area contributed by atoms with Gasteiger partial charge in [0.15, 0.2) is 11.5 Å². The van der Waals surface area contributed by atoms with Gasteiger partial charge in [0.25, 0.3) is 0 Å². The maximum Gasteiger partial charge on any atom is 0.217 e. The lowest BCUT2D eigenvalue weighted by molar-refractivity contribution is -0.0592. The molecule has 4 aromatic rings. The molecule has 0 amide bonds. The summed E-state index contributed by atoms with van der Waals surface area (Å²) < 4.78 is 28.4. The Hall–Kier alpha value is -3.80. The van der Waals surface area contributed by atoms with E-state index in [1.54, 1.807) is 24.4 Å². The first kappa shape index (κ1) is 27.1. The maximum atomic E-state index is 14.4. The third-order valence-electron chi connectivity index (χ3n) is 8.26. The quantitative estimate of drug-likeness (QED) is 0.126. The first-order valence-corrected chi connectivity index (χ1v) is 14.6. The second-order valence-corrected chi connectivity index (χ2v) is 11.7. The average Bonchev–Trinajstić information content (AvgIpc) is 3.75. The van der Waals surface area contributed by atoms with E-state index in [1.807, 2.05) is 0 Å². The number of nitrogens with zero attached hydrogens (tertiary/aromatic N) is 6. The molecule has 1 aromatic carbocycles. The molecule has 3 aliphatic rings. The first-order chi connectivity index (χ1) is 20.4. The summed E-state index contributed by atoms with van der Waals surface area (Å²) in [5.74, 6) is 1.51. The standard InChI is InChI=1S/C30H31ClFN7O3/c31-21-4-3-19(24(32)11-21)16-42-30-23(17-1-2-17)9-18-5-7-38(14-26(18)36-30)15-27-35-25-10-20(28(33)37-40)12-34-29(25)39(27)13-22-6-8-41-22/h3-4,9-12,17,22,40H,1-2,5-8,13-16H2,(H2,33,37)/t22-/m0/s1. The number of amidine groups is 1. The van der Waals surface area contributed by atoms with E-state index in [0.29, 0.717) is 53.1 Å². The van der Waals surface area contributed by atoms with Crippen molar-refractivity contribution in [2.75, 3.05) is 13.2 Å². The van der Waals surface area contributed by atoms with E-state index >= 15 is 0 Å². The molecule has 3 N–H and O–H groups in total. The Morgan fingerprint density at radius 1 is 1.21 bits per heavy atom. The minimum absolute atomic E-state index is 0.0103. The monoisotopic (exact) mass is 591 g/mol. The van der Waals surface area contributed by atoms with Gasteiger partial charge < -0.3 is 25.0 Å². The summed E-state index contributed by atoms with van der Waals surface area (Å²) in [4.78, 5) is 16.8. The number of ether oxygens (including phenoxy) is 2. The van der Waals surface area contributed by atoms with Gasteiger partial charge in [0, 0.05) is 47.6 Å². The molecule has 12 heteroatoms. The van der Waals surface area contributed by atoms with Crippen LogP contribution in [0, 0.1) is 5.82 Å². The smallest absolute Gasteiger partial charge is 0.217 e. The lowest BCUT2D eigenvalue weighted by atomic mass is 10.0. The molecular formula is C30H31ClFN7O3. The Kier molecular flexibility index (Phi) is 7.17. The van der Waals surface area contributed by atoms with E-state index in [9.17, 15) is 4.39 Å². The fourth-order valence-corrected chi connectivity index (χ4v) is 5.80. The fraction of sp³-hybridized carbons (Fsp3) is 0.400. The van der Waals surface area contributed by atoms with Crippen molar-refractivity contribution in [2.24, 2.45) is 10.9 Å². The highest BCUT2D eigenvalue weighted by Crippen LogP contribution is 2.45. The van der Waals surface area contributed by atoms with Crippen LogP contribution >= 0.6 is 11.6 Å². The number of oxime groups is 1. The van der Waals surface area contributed by atoms with Gasteiger partial charge in [-0.05, 0) is 61.4 Å². The number of fused-ring (bicyclic) bond motifs is 2. The number of nitrogens with two attached hydrogens (primary N) is 1. The molecule has 42 heavy (non-hydrogen) atoms. The molecule has 5 heterocycles. The van der Waals surface area contributed by atoms with Crippen LogP contribution in [0.5, 0.6) is 5.88 Å². The fourth-order valence-electron chi connectivity index (χ4n) is 5.64. The van der Waals surface area contributed by atoms with Gasteiger partial charge >= 0.3 is 0 Å². The molecule has 3 aromatic heterocycles. The normalized spacial score (nSPS) is 19.1. The second kappa shape index (κ2) is 11.1. The molecule has 1 saturated carbocycles. The highest BCUT2D eigenvalue weighted by atomic mass is 35.5. The van der Waals surface area contributed by atoms with Crippen molar-refractivity contribution < 1.29 is 19.1 Å². The molecule has 1 aliphatic carbocycles. The predicted octanol–water partition coefficient (Wildman–Crippen LogP) is 4.52. The van der Waals surface area contributed by atoms with Crippen molar-refractivity contribution >= 4 is 28.6 Å². The molecule has 2 aliphatic heterocycles. The van der Waals surface area contributed by atoms with Crippen LogP contribution in [0.3, 0.4) is 0 Å². The number of benzene rings is 1. The number of aromatic nitrogens is 4. The number of hydrogen-bond acceptors (Lipinski definition) is 8. The molecule has 1 atom stereocenters. The zero-order chi connectivity index (χ0) is 28.8. The van der Waals surface area contributed by atoms with Gasteiger partial charge in [0.2, 0.25) is 5.88 Å². The number of rotatable bonds is 9. The molecule has 0 radical (unpaired) electrons. The van der Waals surface area contributed by atoms with E-state index in [-0.39, 0.29) is 24.4 Å². The van der Waals surface area contributed by atoms with Gasteiger partial charge in [-0.15, -0.1) is 0 Å². The number of pyridine rings is 2. The van der Waals surface area contributed by atoms with Crippen LogP contribution in [0.25, 0.3) is 11.2 Å². The summed E-state index contributed by atoms with van der Waals surface area (Å²) in [5.41, 5.74) is 11.5. The number of halogens is 2. The first-order valence-electron chi connectivity index (χ1n) is 14.2. The predicted molar refractivity (Wildman–Crippen MR) is 154 cm³/mol. The van der Waals surface area contributed by atoms with E-state index in [2.05, 4.69) is 25.7 Å². The molecule has 0 unspecified atom stereocenters. The lowest BCUT2D eigenvalue weighted by Crippen LogP contribution is -2.34. The Morgan fingerprint density at radius 2 is 2.07 bits per heavy atom. The number of imidazole rings is 1. The zero-order valence-electron chi connectivity index (χ0n) is 23.0. The summed E-state index contributed by atoms with van der Waals surface area (Å²) in [6, 6.07) is 8.65. The van der Waals surface area contributed by atoms with Gasteiger partial charge in [0.05, 0.1) is 24.9 Å². The van der Waals surface area contributed by atoms with E-state index in [0.717, 1.165) is 61.6 Å². The van der Waals surface area contributed by atoms with Crippen LogP contribution < -0.4 is 10.5 Å². The lowest BCUT2D eigenvalue weighted by Gasteiger charge is -2.30. The summed E-state index contributed by atoms with van der Waals surface area (Å²) in [6.07, 6.45) is 5.81. The summed E-state index contributed by atoms with van der Waals surface area (Å²) in [6.45, 7) is 3.61. The minimum atomic E-state index is -0.386. The molecule has 1 saturated heterocycles. The number of hydrogen-bond donors (Lipinski definition) is 2. The Balaban J connectivity index is 1.14. The largest absolute Gasteiger partial charge is 0.472 e.